The van der Waals surface area contributed by atoms with Gasteiger partial charge in [-0.2, -0.15) is 0 Å². The molecule has 170 valence electrons. The molecule has 1 fully saturated rings. The van der Waals surface area contributed by atoms with Crippen LogP contribution in [-0.4, -0.2) is 79.9 Å². The van der Waals surface area contributed by atoms with E-state index in [4.69, 9.17) is 0 Å². The fraction of sp³-hybridized carbons (Fsp3) is 0.619. The van der Waals surface area contributed by atoms with Gasteiger partial charge in [0.25, 0.3) is 0 Å². The molecule has 0 aliphatic carbocycles. The Balaban J connectivity index is 0.00000450. The van der Waals surface area contributed by atoms with Crippen LogP contribution in [0.15, 0.2) is 23.2 Å². The number of nitrogens with zero attached hydrogens (tertiary/aromatic N) is 4. The van der Waals surface area contributed by atoms with Crippen LogP contribution < -0.4 is 5.32 Å². The van der Waals surface area contributed by atoms with Gasteiger partial charge in [0, 0.05) is 70.9 Å². The highest BCUT2D eigenvalue weighted by molar-refractivity contribution is 14.0. The average Bonchev–Trinajstić information content (AvgIpc) is 2.69. The lowest BCUT2D eigenvalue weighted by Gasteiger charge is -2.40. The number of aliphatic imine (C=N–C) groups is 1. The van der Waals surface area contributed by atoms with Crippen LogP contribution in [0.1, 0.15) is 38.3 Å². The Kier molecular flexibility index (Phi) is 11.5. The van der Waals surface area contributed by atoms with E-state index < -0.39 is 11.6 Å². The summed E-state index contributed by atoms with van der Waals surface area (Å²) in [6.45, 7) is 8.26. The molecule has 6 nitrogen and oxygen atoms in total. The van der Waals surface area contributed by atoms with Crippen molar-refractivity contribution in [2.75, 3.05) is 53.4 Å². The lowest BCUT2D eigenvalue weighted by molar-refractivity contribution is -0.128. The SMILES string of the molecule is CCNC(=NCCC(=O)N(C)C)N1CCN(C(CC)c2ccc(F)cc2F)CC1.I. The van der Waals surface area contributed by atoms with Crippen molar-refractivity contribution in [2.24, 2.45) is 4.99 Å². The number of carbonyl (C=O) groups excluding carboxylic acids is 1. The first-order valence-corrected chi connectivity index (χ1v) is 10.3. The summed E-state index contributed by atoms with van der Waals surface area (Å²) in [6, 6.07) is 3.76. The Hall–Kier alpha value is -1.49. The number of nitrogens with one attached hydrogen (secondary N) is 1. The standard InChI is InChI=1S/C21H33F2N5O.HI/c1-5-19(17-8-7-16(22)15-18(17)23)27-11-13-28(14-12-27)21(24-6-2)25-10-9-20(29)26(3)4;/h7-8,15,19H,5-6,9-14H2,1-4H3,(H,24,25);1H. The Labute approximate surface area is 195 Å². The molecule has 1 N–H and O–H groups in total. The fourth-order valence-corrected chi connectivity index (χ4v) is 3.60. The van der Waals surface area contributed by atoms with Gasteiger partial charge in [0.2, 0.25) is 5.91 Å². The molecule has 0 saturated carbocycles. The van der Waals surface area contributed by atoms with E-state index in [1.807, 2.05) is 13.8 Å². The molecule has 1 aromatic carbocycles. The lowest BCUT2D eigenvalue weighted by atomic mass is 10.0. The molecule has 1 aromatic rings. The smallest absolute Gasteiger partial charge is 0.223 e. The van der Waals surface area contributed by atoms with Crippen LogP contribution in [-0.2, 0) is 4.79 Å². The molecule has 30 heavy (non-hydrogen) atoms. The number of carbonyl (C=O) groups is 1. The molecule has 2 rings (SSSR count). The third kappa shape index (κ3) is 7.33. The van der Waals surface area contributed by atoms with Gasteiger partial charge in [0.1, 0.15) is 11.6 Å². The van der Waals surface area contributed by atoms with E-state index in [-0.39, 0.29) is 35.9 Å². The predicted molar refractivity (Wildman–Crippen MR) is 127 cm³/mol. The molecule has 1 saturated heterocycles. The minimum absolute atomic E-state index is 0. The summed E-state index contributed by atoms with van der Waals surface area (Å²) >= 11 is 0. The first kappa shape index (κ1) is 26.5. The first-order valence-electron chi connectivity index (χ1n) is 10.3. The van der Waals surface area contributed by atoms with Gasteiger partial charge in [0.15, 0.2) is 5.96 Å². The van der Waals surface area contributed by atoms with Gasteiger partial charge in [-0.25, -0.2) is 8.78 Å². The Morgan fingerprint density at radius 1 is 1.20 bits per heavy atom. The minimum atomic E-state index is -0.551. The van der Waals surface area contributed by atoms with Gasteiger partial charge in [-0.1, -0.05) is 13.0 Å². The lowest BCUT2D eigenvalue weighted by Crippen LogP contribution is -2.53. The molecular weight excluding hydrogens is 503 g/mol. The van der Waals surface area contributed by atoms with Crippen LogP contribution >= 0.6 is 24.0 Å². The topological polar surface area (TPSA) is 51.2 Å². The zero-order valence-corrected chi connectivity index (χ0v) is 20.7. The van der Waals surface area contributed by atoms with Crippen LogP contribution in [0.4, 0.5) is 8.78 Å². The number of halogens is 3. The minimum Gasteiger partial charge on any atom is -0.357 e. The molecule has 0 bridgehead atoms. The second kappa shape index (κ2) is 13.0. The highest BCUT2D eigenvalue weighted by atomic mass is 127. The largest absolute Gasteiger partial charge is 0.357 e. The highest BCUT2D eigenvalue weighted by Crippen LogP contribution is 2.28. The molecule has 1 atom stereocenters. The van der Waals surface area contributed by atoms with E-state index in [0.29, 0.717) is 18.5 Å². The maximum Gasteiger partial charge on any atom is 0.223 e. The monoisotopic (exact) mass is 537 g/mol. The molecule has 1 heterocycles. The fourth-order valence-electron chi connectivity index (χ4n) is 3.60. The van der Waals surface area contributed by atoms with Gasteiger partial charge in [0.05, 0.1) is 6.54 Å². The quantitative estimate of drug-likeness (QED) is 0.330. The molecule has 0 radical (unpaired) electrons. The number of amides is 1. The zero-order valence-electron chi connectivity index (χ0n) is 18.3. The molecule has 0 aromatic heterocycles. The Morgan fingerprint density at radius 2 is 1.87 bits per heavy atom. The van der Waals surface area contributed by atoms with Crippen molar-refractivity contribution in [1.82, 2.24) is 20.0 Å². The number of hydrogen-bond donors (Lipinski definition) is 1. The van der Waals surface area contributed by atoms with Crippen LogP contribution in [0.3, 0.4) is 0 Å². The van der Waals surface area contributed by atoms with E-state index >= 15 is 0 Å². The average molecular weight is 537 g/mol. The van der Waals surface area contributed by atoms with Crippen LogP contribution in [0.5, 0.6) is 0 Å². The number of rotatable bonds is 7. The summed E-state index contributed by atoms with van der Waals surface area (Å²) < 4.78 is 27.5. The van der Waals surface area contributed by atoms with Crippen molar-refractivity contribution >= 4 is 35.8 Å². The van der Waals surface area contributed by atoms with Gasteiger partial charge in [-0.3, -0.25) is 14.7 Å². The number of hydrogen-bond acceptors (Lipinski definition) is 3. The third-order valence-electron chi connectivity index (χ3n) is 5.18. The molecule has 1 aliphatic heterocycles. The summed E-state index contributed by atoms with van der Waals surface area (Å²) in [6.07, 6.45) is 1.13. The predicted octanol–water partition coefficient (Wildman–Crippen LogP) is 3.10. The summed E-state index contributed by atoms with van der Waals surface area (Å²) in [5.41, 5.74) is 0.546. The van der Waals surface area contributed by atoms with E-state index in [2.05, 4.69) is 20.1 Å². The maximum absolute atomic E-state index is 14.3. The Bertz CT molecular complexity index is 709. The van der Waals surface area contributed by atoms with Crippen molar-refractivity contribution in [3.05, 3.63) is 35.4 Å². The molecule has 1 aliphatic rings. The molecule has 0 spiro atoms. The summed E-state index contributed by atoms with van der Waals surface area (Å²) in [4.78, 5) is 22.3. The molecule has 1 amide bonds. The van der Waals surface area contributed by atoms with E-state index in [1.165, 1.54) is 6.07 Å². The normalized spacial score (nSPS) is 16.1. The summed E-state index contributed by atoms with van der Waals surface area (Å²) in [7, 11) is 3.48. The summed E-state index contributed by atoms with van der Waals surface area (Å²) in [5, 5.41) is 3.29. The van der Waals surface area contributed by atoms with Crippen LogP contribution in [0.25, 0.3) is 0 Å². The third-order valence-corrected chi connectivity index (χ3v) is 5.18. The van der Waals surface area contributed by atoms with E-state index in [0.717, 1.165) is 51.2 Å². The van der Waals surface area contributed by atoms with E-state index in [1.54, 1.807) is 25.1 Å². The Morgan fingerprint density at radius 3 is 2.40 bits per heavy atom. The van der Waals surface area contributed by atoms with Crippen molar-refractivity contribution in [2.45, 2.75) is 32.7 Å². The van der Waals surface area contributed by atoms with Gasteiger partial charge in [-0.15, -0.1) is 24.0 Å². The zero-order chi connectivity index (χ0) is 21.4. The van der Waals surface area contributed by atoms with Crippen molar-refractivity contribution in [3.63, 3.8) is 0 Å². The van der Waals surface area contributed by atoms with Crippen molar-refractivity contribution in [3.8, 4) is 0 Å². The highest BCUT2D eigenvalue weighted by Gasteiger charge is 2.27. The first-order chi connectivity index (χ1) is 13.9. The van der Waals surface area contributed by atoms with Gasteiger partial charge < -0.3 is 15.1 Å². The number of piperazine rings is 1. The van der Waals surface area contributed by atoms with E-state index in [9.17, 15) is 13.6 Å². The van der Waals surface area contributed by atoms with Crippen LogP contribution in [0, 0.1) is 11.6 Å². The molecule has 9 heteroatoms. The van der Waals surface area contributed by atoms with Crippen molar-refractivity contribution < 1.29 is 13.6 Å². The van der Waals surface area contributed by atoms with Crippen molar-refractivity contribution in [1.29, 1.82) is 0 Å². The number of benzene rings is 1. The molecule has 1 unspecified atom stereocenters. The van der Waals surface area contributed by atoms with Crippen LogP contribution in [0.2, 0.25) is 0 Å². The second-order valence-corrected chi connectivity index (χ2v) is 7.39. The van der Waals surface area contributed by atoms with Gasteiger partial charge >= 0.3 is 0 Å². The summed E-state index contributed by atoms with van der Waals surface area (Å²) in [5.74, 6) is -0.175. The number of guanidine groups is 1. The maximum atomic E-state index is 14.3. The molecular formula is C21H34F2IN5O. The van der Waals surface area contributed by atoms with Gasteiger partial charge in [-0.05, 0) is 19.4 Å². The second-order valence-electron chi connectivity index (χ2n) is 7.39.